The van der Waals surface area contributed by atoms with Crippen molar-refractivity contribution in [2.45, 2.75) is 12.4 Å². The number of amides is 2. The highest BCUT2D eigenvalue weighted by atomic mass is 19.4. The van der Waals surface area contributed by atoms with Gasteiger partial charge in [0.1, 0.15) is 5.82 Å². The number of H-pyrrole nitrogens is 2. The SMILES string of the molecule is O=C(Nc1cc(C(F)(F)F)cc(C(F)(F)F)c1)Nc1ccc2nc(-c3c4cccccc-4[nH]c3=O)[nH]c2c1. The molecule has 4 N–H and O–H groups in total. The number of alkyl halides is 6. The van der Waals surface area contributed by atoms with Gasteiger partial charge in [0.25, 0.3) is 5.56 Å². The van der Waals surface area contributed by atoms with E-state index in [2.05, 4.69) is 20.3 Å². The largest absolute Gasteiger partial charge is 0.416 e. The Balaban J connectivity index is 1.40. The van der Waals surface area contributed by atoms with Crippen LogP contribution in [0.2, 0.25) is 0 Å². The van der Waals surface area contributed by atoms with Crippen LogP contribution in [0.25, 0.3) is 33.7 Å². The van der Waals surface area contributed by atoms with Gasteiger partial charge >= 0.3 is 18.4 Å². The van der Waals surface area contributed by atoms with Gasteiger partial charge in [0.05, 0.1) is 27.7 Å². The topological polar surface area (TPSA) is 103 Å². The Kier molecular flexibility index (Phi) is 5.85. The summed E-state index contributed by atoms with van der Waals surface area (Å²) in [4.78, 5) is 35.1. The number of carbonyl (C=O) groups is 1. The van der Waals surface area contributed by atoms with E-state index in [0.29, 0.717) is 40.0 Å². The van der Waals surface area contributed by atoms with Gasteiger partial charge in [-0.2, -0.15) is 26.3 Å². The molecular weight excluding hydrogens is 516 g/mol. The molecule has 1 aliphatic heterocycles. The molecule has 2 amide bonds. The molecule has 7 nitrogen and oxygen atoms in total. The third-order valence-electron chi connectivity index (χ3n) is 5.60. The molecule has 1 aromatic heterocycles. The highest BCUT2D eigenvalue weighted by molar-refractivity contribution is 6.01. The number of nitrogens with zero attached hydrogens (tertiary/aromatic N) is 1. The molecule has 0 saturated heterocycles. The van der Waals surface area contributed by atoms with Crippen LogP contribution in [0.3, 0.4) is 0 Å². The fraction of sp³-hybridized carbons (Fsp3) is 0.0800. The van der Waals surface area contributed by atoms with Crippen LogP contribution in [0.4, 0.5) is 42.5 Å². The van der Waals surface area contributed by atoms with Crippen molar-refractivity contribution in [2.24, 2.45) is 0 Å². The van der Waals surface area contributed by atoms with Crippen molar-refractivity contribution in [1.82, 2.24) is 15.0 Å². The first-order chi connectivity index (χ1) is 17.9. The lowest BCUT2D eigenvalue weighted by molar-refractivity contribution is -0.143. The minimum Gasteiger partial charge on any atom is -0.338 e. The molecule has 194 valence electrons. The molecular formula is C25H15F6N5O2. The normalized spacial score (nSPS) is 12.2. The first kappa shape index (κ1) is 24.9. The second kappa shape index (κ2) is 8.94. The summed E-state index contributed by atoms with van der Waals surface area (Å²) < 4.78 is 78.5. The molecule has 0 radical (unpaired) electrons. The number of aromatic nitrogens is 3. The lowest BCUT2D eigenvalue weighted by atomic mass is 10.1. The molecule has 0 saturated carbocycles. The number of halogens is 6. The summed E-state index contributed by atoms with van der Waals surface area (Å²) in [7, 11) is 0. The van der Waals surface area contributed by atoms with Gasteiger partial charge in [-0.15, -0.1) is 0 Å². The summed E-state index contributed by atoms with van der Waals surface area (Å²) in [5.74, 6) is 0.271. The van der Waals surface area contributed by atoms with E-state index in [0.717, 1.165) is 0 Å². The predicted molar refractivity (Wildman–Crippen MR) is 128 cm³/mol. The number of hydrogen-bond acceptors (Lipinski definition) is 3. The van der Waals surface area contributed by atoms with Gasteiger partial charge in [-0.05, 0) is 42.5 Å². The number of rotatable bonds is 3. The van der Waals surface area contributed by atoms with Crippen molar-refractivity contribution in [3.63, 3.8) is 0 Å². The van der Waals surface area contributed by atoms with Crippen LogP contribution in [0.15, 0.2) is 71.5 Å². The molecule has 0 fully saturated rings. The molecule has 5 rings (SSSR count). The lowest BCUT2D eigenvalue weighted by Crippen LogP contribution is -2.20. The monoisotopic (exact) mass is 531 g/mol. The van der Waals surface area contributed by atoms with E-state index in [1.54, 1.807) is 30.3 Å². The van der Waals surface area contributed by atoms with Gasteiger partial charge in [0, 0.05) is 22.6 Å². The zero-order valence-electron chi connectivity index (χ0n) is 18.9. The second-order valence-corrected chi connectivity index (χ2v) is 8.26. The number of nitrogens with one attached hydrogen (secondary N) is 4. The van der Waals surface area contributed by atoms with Gasteiger partial charge in [0.2, 0.25) is 0 Å². The molecule has 2 heterocycles. The Morgan fingerprint density at radius 2 is 1.42 bits per heavy atom. The summed E-state index contributed by atoms with van der Waals surface area (Å²) >= 11 is 0. The van der Waals surface area contributed by atoms with Crippen LogP contribution in [0.5, 0.6) is 0 Å². The van der Waals surface area contributed by atoms with Gasteiger partial charge in [-0.3, -0.25) is 4.79 Å². The highest BCUT2D eigenvalue weighted by Gasteiger charge is 2.37. The zero-order valence-corrected chi connectivity index (χ0v) is 18.9. The lowest BCUT2D eigenvalue weighted by Gasteiger charge is -2.15. The summed E-state index contributed by atoms with van der Waals surface area (Å²) in [5.41, 5.74) is -1.57. The molecule has 13 heteroatoms. The molecule has 0 bridgehead atoms. The number of hydrogen-bond donors (Lipinski definition) is 4. The first-order valence-corrected chi connectivity index (χ1v) is 10.9. The standard InChI is InChI=1S/C25H15F6N5O2/c26-24(27,28)12-8-13(25(29,30)31)10-15(9-12)33-23(38)32-14-6-7-18-19(11-14)35-21(34-18)20-16-4-2-1-3-5-17(16)36-22(20)37/h1-11H,(H,34,35)(H,36,37)(H2,32,33,38). The third kappa shape index (κ3) is 4.90. The fourth-order valence-electron chi connectivity index (χ4n) is 3.94. The summed E-state index contributed by atoms with van der Waals surface area (Å²) in [6.45, 7) is 0. The van der Waals surface area contributed by atoms with Gasteiger partial charge < -0.3 is 20.6 Å². The van der Waals surface area contributed by atoms with Crippen LogP contribution in [-0.2, 0) is 12.4 Å². The van der Waals surface area contributed by atoms with Crippen molar-refractivity contribution >= 4 is 28.4 Å². The molecule has 2 aromatic carbocycles. The Morgan fingerprint density at radius 3 is 2.11 bits per heavy atom. The second-order valence-electron chi connectivity index (χ2n) is 8.26. The molecule has 0 spiro atoms. The van der Waals surface area contributed by atoms with Crippen molar-refractivity contribution < 1.29 is 31.1 Å². The minimum atomic E-state index is -5.05. The minimum absolute atomic E-state index is 0.0339. The van der Waals surface area contributed by atoms with Crippen molar-refractivity contribution in [3.8, 4) is 22.6 Å². The molecule has 0 unspecified atom stereocenters. The average molecular weight is 531 g/mol. The Labute approximate surface area is 208 Å². The van der Waals surface area contributed by atoms with E-state index in [1.807, 2.05) is 5.32 Å². The number of carbonyl (C=O) groups excluding carboxylic acids is 1. The number of aromatic amines is 2. The van der Waals surface area contributed by atoms with Crippen molar-refractivity contribution in [3.05, 3.63) is 88.2 Å². The van der Waals surface area contributed by atoms with Gasteiger partial charge in [-0.25, -0.2) is 9.78 Å². The van der Waals surface area contributed by atoms with Crippen LogP contribution in [-0.4, -0.2) is 21.0 Å². The van der Waals surface area contributed by atoms with Crippen molar-refractivity contribution in [2.75, 3.05) is 10.6 Å². The van der Waals surface area contributed by atoms with E-state index in [-0.39, 0.29) is 23.1 Å². The Hall–Kier alpha value is -4.81. The number of imidazole rings is 1. The number of anilines is 2. The Bertz CT molecular complexity index is 1670. The maximum absolute atomic E-state index is 13.1. The van der Waals surface area contributed by atoms with Crippen LogP contribution in [0.1, 0.15) is 11.1 Å². The highest BCUT2D eigenvalue weighted by Crippen LogP contribution is 2.37. The van der Waals surface area contributed by atoms with E-state index in [9.17, 15) is 35.9 Å². The third-order valence-corrected chi connectivity index (χ3v) is 5.60. The number of benzene rings is 2. The van der Waals surface area contributed by atoms with E-state index >= 15 is 0 Å². The first-order valence-electron chi connectivity index (χ1n) is 10.9. The Morgan fingerprint density at radius 1 is 0.763 bits per heavy atom. The van der Waals surface area contributed by atoms with Crippen LogP contribution in [0, 0.1) is 0 Å². The molecule has 38 heavy (non-hydrogen) atoms. The maximum atomic E-state index is 13.1. The van der Waals surface area contributed by atoms with Gasteiger partial charge in [-0.1, -0.05) is 24.3 Å². The molecule has 3 aromatic rings. The van der Waals surface area contributed by atoms with Crippen LogP contribution >= 0.6 is 0 Å². The molecule has 0 atom stereocenters. The quantitative estimate of drug-likeness (QED) is 0.195. The smallest absolute Gasteiger partial charge is 0.338 e. The van der Waals surface area contributed by atoms with E-state index in [4.69, 9.17) is 0 Å². The molecule has 1 aliphatic carbocycles. The fourth-order valence-corrected chi connectivity index (χ4v) is 3.94. The number of fused-ring (bicyclic) bond motifs is 2. The summed E-state index contributed by atoms with van der Waals surface area (Å²) in [6, 6.07) is 13.0. The van der Waals surface area contributed by atoms with E-state index < -0.39 is 35.2 Å². The summed E-state index contributed by atoms with van der Waals surface area (Å²) in [6.07, 6.45) is -10.1. The van der Waals surface area contributed by atoms with Gasteiger partial charge in [0.15, 0.2) is 0 Å². The zero-order chi connectivity index (χ0) is 27.2. The number of urea groups is 1. The average Bonchev–Trinajstić information content (AvgIpc) is 3.28. The predicted octanol–water partition coefficient (Wildman–Crippen LogP) is 6.70. The van der Waals surface area contributed by atoms with E-state index in [1.165, 1.54) is 18.2 Å². The van der Waals surface area contributed by atoms with Crippen molar-refractivity contribution in [1.29, 1.82) is 0 Å². The maximum Gasteiger partial charge on any atom is 0.416 e. The van der Waals surface area contributed by atoms with Crippen LogP contribution < -0.4 is 16.2 Å². The molecule has 2 aliphatic rings. The summed E-state index contributed by atoms with van der Waals surface area (Å²) in [5, 5.41) is 4.36.